The lowest BCUT2D eigenvalue weighted by molar-refractivity contribution is 0.326. The Morgan fingerprint density at radius 2 is 1.78 bits per heavy atom. The third kappa shape index (κ3) is 2.11. The minimum Gasteiger partial charge on any atom is -0.250 e. The summed E-state index contributed by atoms with van der Waals surface area (Å²) in [5.74, 6) is 0. The van der Waals surface area contributed by atoms with Crippen LogP contribution in [-0.4, -0.2) is 5.54 Å². The highest BCUT2D eigenvalue weighted by molar-refractivity contribution is 8.06. The predicted octanol–water partition coefficient (Wildman–Crippen LogP) is 5.03. The lowest BCUT2D eigenvalue weighted by Gasteiger charge is -2.34. The van der Waals surface area contributed by atoms with Crippen LogP contribution in [-0.2, 0) is 0 Å². The fourth-order valence-electron chi connectivity index (χ4n) is 3.03. The molecular formula is C15H18ClNS. The Hall–Kier alpha value is -0.440. The van der Waals surface area contributed by atoms with Gasteiger partial charge in [0.25, 0.3) is 0 Å². The number of hydrogen-bond donors (Lipinski definition) is 1. The van der Waals surface area contributed by atoms with E-state index in [9.17, 15) is 0 Å². The largest absolute Gasteiger partial charge is 0.250 e. The van der Waals surface area contributed by atoms with Crippen molar-refractivity contribution in [2.24, 2.45) is 0 Å². The number of rotatable bonds is 1. The summed E-state index contributed by atoms with van der Waals surface area (Å²) >= 11 is 7.76. The third-order valence-corrected chi connectivity index (χ3v) is 5.71. The molecule has 0 saturated heterocycles. The zero-order chi connectivity index (χ0) is 12.6. The third-order valence-electron chi connectivity index (χ3n) is 4.22. The van der Waals surface area contributed by atoms with Gasteiger partial charge in [0.15, 0.2) is 0 Å². The monoisotopic (exact) mass is 279 g/mol. The maximum Gasteiger partial charge on any atom is 0.0506 e. The van der Waals surface area contributed by atoms with E-state index in [1.54, 1.807) is 11.9 Å². The topological polar surface area (TPSA) is 12.0 Å². The summed E-state index contributed by atoms with van der Waals surface area (Å²) in [5.41, 5.74) is 3.07. The van der Waals surface area contributed by atoms with Crippen molar-refractivity contribution in [3.63, 3.8) is 0 Å². The summed E-state index contributed by atoms with van der Waals surface area (Å²) in [4.78, 5) is 1.40. The van der Waals surface area contributed by atoms with E-state index in [-0.39, 0.29) is 5.54 Å². The van der Waals surface area contributed by atoms with Gasteiger partial charge in [-0.1, -0.05) is 43.0 Å². The molecule has 0 bridgehead atoms. The van der Waals surface area contributed by atoms with Gasteiger partial charge in [0.05, 0.1) is 5.54 Å². The lowest BCUT2D eigenvalue weighted by Crippen LogP contribution is -2.41. The van der Waals surface area contributed by atoms with E-state index in [4.69, 9.17) is 11.6 Å². The molecule has 1 aliphatic heterocycles. The highest BCUT2D eigenvalue weighted by atomic mass is 35.5. The van der Waals surface area contributed by atoms with Crippen LogP contribution in [0.15, 0.2) is 29.8 Å². The molecule has 0 aromatic heterocycles. The van der Waals surface area contributed by atoms with Crippen molar-refractivity contribution in [1.29, 1.82) is 0 Å². The normalized spacial score (nSPS) is 22.8. The van der Waals surface area contributed by atoms with E-state index >= 15 is 0 Å². The van der Waals surface area contributed by atoms with Gasteiger partial charge in [-0.3, -0.25) is 0 Å². The minimum absolute atomic E-state index is 0.262. The molecule has 18 heavy (non-hydrogen) atoms. The molecular weight excluding hydrogens is 262 g/mol. The van der Waals surface area contributed by atoms with Crippen LogP contribution in [0.1, 0.15) is 44.6 Å². The Morgan fingerprint density at radius 3 is 2.44 bits per heavy atom. The molecule has 0 unspecified atom stereocenters. The van der Waals surface area contributed by atoms with Gasteiger partial charge < -0.3 is 0 Å². The van der Waals surface area contributed by atoms with Crippen molar-refractivity contribution in [3.8, 4) is 0 Å². The van der Waals surface area contributed by atoms with E-state index in [1.807, 2.05) is 12.1 Å². The highest BCUT2D eigenvalue weighted by Gasteiger charge is 2.39. The second-order valence-electron chi connectivity index (χ2n) is 5.31. The fourth-order valence-corrected chi connectivity index (χ4v) is 4.41. The van der Waals surface area contributed by atoms with E-state index in [0.717, 1.165) is 5.02 Å². The molecule has 3 heteroatoms. The zero-order valence-electron chi connectivity index (χ0n) is 10.6. The summed E-state index contributed by atoms with van der Waals surface area (Å²) in [7, 11) is 0. The molecule has 1 spiro atoms. The standard InChI is InChI=1S/C15H18ClNS/c1-11-14(12-5-7-13(16)8-6-12)18-17-15(11)9-3-2-4-10-15/h5-8,17H,2-4,9-10H2,1H3. The van der Waals surface area contributed by atoms with Crippen LogP contribution in [0, 0.1) is 0 Å². The van der Waals surface area contributed by atoms with Crippen molar-refractivity contribution >= 4 is 28.5 Å². The van der Waals surface area contributed by atoms with Crippen molar-refractivity contribution in [2.75, 3.05) is 0 Å². The summed E-state index contributed by atoms with van der Waals surface area (Å²) in [5, 5.41) is 0.806. The average Bonchev–Trinajstić information content (AvgIpc) is 2.70. The first kappa shape index (κ1) is 12.6. The molecule has 0 atom stereocenters. The molecule has 1 aromatic carbocycles. The highest BCUT2D eigenvalue weighted by Crippen LogP contribution is 2.47. The van der Waals surface area contributed by atoms with Crippen LogP contribution >= 0.6 is 23.5 Å². The Balaban J connectivity index is 1.94. The average molecular weight is 280 g/mol. The second kappa shape index (κ2) is 4.92. The molecule has 1 saturated carbocycles. The van der Waals surface area contributed by atoms with Crippen molar-refractivity contribution in [3.05, 3.63) is 40.4 Å². The molecule has 2 aliphatic rings. The van der Waals surface area contributed by atoms with Gasteiger partial charge in [0, 0.05) is 9.93 Å². The van der Waals surface area contributed by atoms with Crippen LogP contribution in [0.4, 0.5) is 0 Å². The SMILES string of the molecule is CC1=C(c2ccc(Cl)cc2)SNC12CCCCC2. The molecule has 1 aromatic rings. The van der Waals surface area contributed by atoms with Gasteiger partial charge in [-0.15, -0.1) is 0 Å². The Labute approximate surface area is 118 Å². The number of halogens is 1. The molecule has 0 amide bonds. The molecule has 0 radical (unpaired) electrons. The number of benzene rings is 1. The van der Waals surface area contributed by atoms with E-state index in [2.05, 4.69) is 23.8 Å². The predicted molar refractivity (Wildman–Crippen MR) is 80.6 cm³/mol. The molecule has 1 fully saturated rings. The lowest BCUT2D eigenvalue weighted by atomic mass is 9.77. The van der Waals surface area contributed by atoms with Crippen LogP contribution in [0.25, 0.3) is 4.91 Å². The Kier molecular flexibility index (Phi) is 3.44. The minimum atomic E-state index is 0.262. The van der Waals surface area contributed by atoms with Gasteiger partial charge in [0.2, 0.25) is 0 Å². The van der Waals surface area contributed by atoms with Crippen molar-refractivity contribution in [1.82, 2.24) is 4.72 Å². The summed E-state index contributed by atoms with van der Waals surface area (Å²) in [6.07, 6.45) is 6.64. The fraction of sp³-hybridized carbons (Fsp3) is 0.467. The van der Waals surface area contributed by atoms with E-state index in [1.165, 1.54) is 48.1 Å². The van der Waals surface area contributed by atoms with Gasteiger partial charge in [-0.05, 0) is 55.0 Å². The molecule has 1 heterocycles. The number of nitrogens with one attached hydrogen (secondary N) is 1. The van der Waals surface area contributed by atoms with Gasteiger partial charge in [-0.2, -0.15) is 0 Å². The first-order valence-electron chi connectivity index (χ1n) is 6.63. The smallest absolute Gasteiger partial charge is 0.0506 e. The second-order valence-corrected chi connectivity index (χ2v) is 6.56. The molecule has 1 nitrogen and oxygen atoms in total. The summed E-state index contributed by atoms with van der Waals surface area (Å²) in [6.45, 7) is 2.29. The molecule has 3 rings (SSSR count). The van der Waals surface area contributed by atoms with Gasteiger partial charge in [-0.25, -0.2) is 4.72 Å². The van der Waals surface area contributed by atoms with Gasteiger partial charge >= 0.3 is 0 Å². The number of hydrogen-bond acceptors (Lipinski definition) is 2. The van der Waals surface area contributed by atoms with Crippen molar-refractivity contribution < 1.29 is 0 Å². The summed E-state index contributed by atoms with van der Waals surface area (Å²) in [6, 6.07) is 8.20. The Morgan fingerprint density at radius 1 is 1.11 bits per heavy atom. The van der Waals surface area contributed by atoms with Crippen LogP contribution < -0.4 is 4.72 Å². The first-order chi connectivity index (χ1) is 8.71. The van der Waals surface area contributed by atoms with Crippen molar-refractivity contribution in [2.45, 2.75) is 44.6 Å². The van der Waals surface area contributed by atoms with Crippen LogP contribution in [0.3, 0.4) is 0 Å². The molecule has 1 aliphatic carbocycles. The molecule has 1 N–H and O–H groups in total. The summed E-state index contributed by atoms with van der Waals surface area (Å²) < 4.78 is 3.69. The zero-order valence-corrected chi connectivity index (χ0v) is 12.2. The first-order valence-corrected chi connectivity index (χ1v) is 7.82. The maximum atomic E-state index is 5.96. The molecule has 96 valence electrons. The van der Waals surface area contributed by atoms with E-state index in [0.29, 0.717) is 0 Å². The van der Waals surface area contributed by atoms with Crippen LogP contribution in [0.2, 0.25) is 5.02 Å². The Bertz CT molecular complexity index is 472. The van der Waals surface area contributed by atoms with Gasteiger partial charge in [0.1, 0.15) is 0 Å². The quantitative estimate of drug-likeness (QED) is 0.724. The van der Waals surface area contributed by atoms with E-state index < -0.39 is 0 Å². The van der Waals surface area contributed by atoms with Crippen LogP contribution in [0.5, 0.6) is 0 Å². The maximum absolute atomic E-state index is 5.96.